The Balaban J connectivity index is 1.79. The van der Waals surface area contributed by atoms with E-state index in [1.54, 1.807) is 7.11 Å². The van der Waals surface area contributed by atoms with Crippen molar-refractivity contribution < 1.29 is 19.0 Å². The molecule has 1 aliphatic rings. The number of para-hydroxylation sites is 1. The number of hydrogen-bond acceptors (Lipinski definition) is 5. The molecule has 1 atom stereocenters. The van der Waals surface area contributed by atoms with Crippen LogP contribution in [0.3, 0.4) is 0 Å². The van der Waals surface area contributed by atoms with Crippen LogP contribution in [0.15, 0.2) is 24.3 Å². The van der Waals surface area contributed by atoms with E-state index in [2.05, 4.69) is 11.8 Å². The smallest absolute Gasteiger partial charge is 0.310 e. The maximum absolute atomic E-state index is 11.9. The number of nitrogens with zero attached hydrogens (tertiary/aromatic N) is 1. The monoisotopic (exact) mass is 293 g/mol. The van der Waals surface area contributed by atoms with Crippen molar-refractivity contribution in [2.24, 2.45) is 0 Å². The molecule has 5 nitrogen and oxygen atoms in total. The molecule has 116 valence electrons. The van der Waals surface area contributed by atoms with Gasteiger partial charge >= 0.3 is 5.97 Å². The van der Waals surface area contributed by atoms with Gasteiger partial charge in [0.25, 0.3) is 0 Å². The molecule has 1 fully saturated rings. The fourth-order valence-corrected chi connectivity index (χ4v) is 2.39. The summed E-state index contributed by atoms with van der Waals surface area (Å²) < 4.78 is 15.9. The van der Waals surface area contributed by atoms with E-state index < -0.39 is 0 Å². The number of carbonyl (C=O) groups is 1. The van der Waals surface area contributed by atoms with Crippen molar-refractivity contribution in [3.05, 3.63) is 29.8 Å². The average molecular weight is 293 g/mol. The first kappa shape index (κ1) is 15.8. The van der Waals surface area contributed by atoms with Crippen LogP contribution in [0.2, 0.25) is 0 Å². The van der Waals surface area contributed by atoms with Gasteiger partial charge in [0.1, 0.15) is 12.4 Å². The Bertz CT molecular complexity index is 457. The molecule has 1 heterocycles. The van der Waals surface area contributed by atoms with Crippen molar-refractivity contribution in [1.82, 2.24) is 4.90 Å². The van der Waals surface area contributed by atoms with Crippen molar-refractivity contribution in [2.45, 2.75) is 19.4 Å². The first-order valence-electron chi connectivity index (χ1n) is 7.30. The van der Waals surface area contributed by atoms with Crippen molar-refractivity contribution in [2.75, 3.05) is 40.0 Å². The van der Waals surface area contributed by atoms with Gasteiger partial charge in [0.15, 0.2) is 0 Å². The van der Waals surface area contributed by atoms with E-state index in [4.69, 9.17) is 14.2 Å². The quantitative estimate of drug-likeness (QED) is 0.744. The number of benzene rings is 1. The molecule has 5 heteroatoms. The van der Waals surface area contributed by atoms with Crippen LogP contribution in [0.1, 0.15) is 12.5 Å². The van der Waals surface area contributed by atoms with E-state index in [0.717, 1.165) is 37.6 Å². The van der Waals surface area contributed by atoms with Crippen LogP contribution in [-0.4, -0.2) is 56.9 Å². The minimum atomic E-state index is -0.223. The van der Waals surface area contributed by atoms with Gasteiger partial charge in [-0.15, -0.1) is 0 Å². The lowest BCUT2D eigenvalue weighted by Crippen LogP contribution is -2.44. The van der Waals surface area contributed by atoms with E-state index in [1.807, 2.05) is 24.3 Å². The van der Waals surface area contributed by atoms with Crippen LogP contribution in [0.4, 0.5) is 0 Å². The van der Waals surface area contributed by atoms with Crippen LogP contribution < -0.4 is 4.74 Å². The van der Waals surface area contributed by atoms with Crippen molar-refractivity contribution in [3.8, 4) is 5.75 Å². The highest BCUT2D eigenvalue weighted by Gasteiger charge is 2.18. The van der Waals surface area contributed by atoms with Gasteiger partial charge in [0.05, 0.1) is 26.7 Å². The molecular formula is C16H23NO4. The molecular weight excluding hydrogens is 270 g/mol. The molecule has 0 aliphatic carbocycles. The minimum Gasteiger partial charge on any atom is -0.496 e. The molecule has 1 aromatic rings. The molecule has 1 saturated heterocycles. The Kier molecular flexibility index (Phi) is 6.02. The zero-order valence-electron chi connectivity index (χ0n) is 12.7. The number of ether oxygens (including phenoxy) is 3. The van der Waals surface area contributed by atoms with E-state index in [-0.39, 0.29) is 18.4 Å². The second-order valence-electron chi connectivity index (χ2n) is 5.17. The van der Waals surface area contributed by atoms with Crippen molar-refractivity contribution in [1.29, 1.82) is 0 Å². The van der Waals surface area contributed by atoms with E-state index in [0.29, 0.717) is 6.61 Å². The first-order valence-corrected chi connectivity index (χ1v) is 7.30. The third-order valence-corrected chi connectivity index (χ3v) is 3.68. The average Bonchev–Trinajstić information content (AvgIpc) is 2.54. The number of rotatable bonds is 6. The number of hydrogen-bond donors (Lipinski definition) is 0. The first-order chi connectivity index (χ1) is 10.2. The summed E-state index contributed by atoms with van der Waals surface area (Å²) >= 11 is 0. The molecule has 21 heavy (non-hydrogen) atoms. The SMILES string of the molecule is COc1ccccc1CC(=O)OC[C@H](C)N1CCOCC1. The van der Waals surface area contributed by atoms with Gasteiger partial charge in [0, 0.05) is 24.7 Å². The van der Waals surface area contributed by atoms with Gasteiger partial charge in [0.2, 0.25) is 0 Å². The maximum atomic E-state index is 11.9. The number of methoxy groups -OCH3 is 1. The highest BCUT2D eigenvalue weighted by molar-refractivity contribution is 5.73. The van der Waals surface area contributed by atoms with Crippen LogP contribution in [0.5, 0.6) is 5.75 Å². The topological polar surface area (TPSA) is 48.0 Å². The third-order valence-electron chi connectivity index (χ3n) is 3.68. The Hall–Kier alpha value is -1.59. The second-order valence-corrected chi connectivity index (χ2v) is 5.17. The Morgan fingerprint density at radius 1 is 1.33 bits per heavy atom. The lowest BCUT2D eigenvalue weighted by Gasteiger charge is -2.31. The molecule has 0 aromatic heterocycles. The highest BCUT2D eigenvalue weighted by Crippen LogP contribution is 2.18. The van der Waals surface area contributed by atoms with Crippen molar-refractivity contribution >= 4 is 5.97 Å². The number of carbonyl (C=O) groups excluding carboxylic acids is 1. The fraction of sp³-hybridized carbons (Fsp3) is 0.562. The lowest BCUT2D eigenvalue weighted by molar-refractivity contribution is -0.145. The van der Waals surface area contributed by atoms with Gasteiger partial charge < -0.3 is 14.2 Å². The predicted molar refractivity (Wildman–Crippen MR) is 79.5 cm³/mol. The summed E-state index contributed by atoms with van der Waals surface area (Å²) in [6.07, 6.45) is 0.236. The summed E-state index contributed by atoms with van der Waals surface area (Å²) in [6, 6.07) is 7.72. The molecule has 2 rings (SSSR count). The summed E-state index contributed by atoms with van der Waals surface area (Å²) in [6.45, 7) is 5.77. The standard InChI is InChI=1S/C16H23NO4/c1-13(17-7-9-20-10-8-17)12-21-16(18)11-14-5-3-4-6-15(14)19-2/h3-6,13H,7-12H2,1-2H3/t13-/m0/s1. The summed E-state index contributed by atoms with van der Waals surface area (Å²) in [7, 11) is 1.60. The highest BCUT2D eigenvalue weighted by atomic mass is 16.5. The molecule has 0 radical (unpaired) electrons. The molecule has 0 spiro atoms. The summed E-state index contributed by atoms with van der Waals surface area (Å²) in [4.78, 5) is 14.2. The van der Waals surface area contributed by atoms with E-state index in [9.17, 15) is 4.79 Å². The molecule has 0 bridgehead atoms. The Labute approximate surface area is 125 Å². The zero-order valence-corrected chi connectivity index (χ0v) is 12.7. The largest absolute Gasteiger partial charge is 0.496 e. The van der Waals surface area contributed by atoms with Gasteiger partial charge in [-0.25, -0.2) is 0 Å². The minimum absolute atomic E-state index is 0.218. The second kappa shape index (κ2) is 8.00. The van der Waals surface area contributed by atoms with Gasteiger partial charge in [-0.1, -0.05) is 18.2 Å². The molecule has 0 N–H and O–H groups in total. The zero-order chi connectivity index (χ0) is 15.1. The molecule has 0 saturated carbocycles. The summed E-state index contributed by atoms with van der Waals surface area (Å²) in [5, 5.41) is 0. The number of morpholine rings is 1. The molecule has 0 unspecified atom stereocenters. The van der Waals surface area contributed by atoms with Crippen molar-refractivity contribution in [3.63, 3.8) is 0 Å². The van der Waals surface area contributed by atoms with E-state index >= 15 is 0 Å². The lowest BCUT2D eigenvalue weighted by atomic mass is 10.1. The summed E-state index contributed by atoms with van der Waals surface area (Å²) in [5.41, 5.74) is 0.851. The third kappa shape index (κ3) is 4.72. The van der Waals surface area contributed by atoms with Crippen LogP contribution in [0.25, 0.3) is 0 Å². The van der Waals surface area contributed by atoms with Gasteiger partial charge in [-0.2, -0.15) is 0 Å². The normalized spacial score (nSPS) is 17.2. The van der Waals surface area contributed by atoms with Gasteiger partial charge in [-0.3, -0.25) is 9.69 Å². The summed E-state index contributed by atoms with van der Waals surface area (Å²) in [5.74, 6) is 0.496. The van der Waals surface area contributed by atoms with Gasteiger partial charge in [-0.05, 0) is 13.0 Å². The van der Waals surface area contributed by atoms with Crippen LogP contribution >= 0.6 is 0 Å². The molecule has 1 aliphatic heterocycles. The van der Waals surface area contributed by atoms with Crippen LogP contribution in [0, 0.1) is 0 Å². The fourth-order valence-electron chi connectivity index (χ4n) is 2.39. The van der Waals surface area contributed by atoms with Crippen LogP contribution in [-0.2, 0) is 20.7 Å². The number of esters is 1. The Morgan fingerprint density at radius 3 is 2.76 bits per heavy atom. The maximum Gasteiger partial charge on any atom is 0.310 e. The van der Waals surface area contributed by atoms with E-state index in [1.165, 1.54) is 0 Å². The Morgan fingerprint density at radius 2 is 2.05 bits per heavy atom. The molecule has 1 aromatic carbocycles. The predicted octanol–water partition coefficient (Wildman–Crippen LogP) is 1.50. The molecule has 0 amide bonds.